The maximum absolute atomic E-state index is 13.1. The largest absolute Gasteiger partial charge is 0.481 e. The Morgan fingerprint density at radius 2 is 2.18 bits per heavy atom. The number of hydrogen-bond donors (Lipinski definition) is 2. The van der Waals surface area contributed by atoms with E-state index in [1.165, 1.54) is 23.0 Å². The molecule has 1 aromatic heterocycles. The highest BCUT2D eigenvalue weighted by molar-refractivity contribution is 5.91. The van der Waals surface area contributed by atoms with Gasteiger partial charge >= 0.3 is 5.97 Å². The molecule has 0 radical (unpaired) electrons. The van der Waals surface area contributed by atoms with Crippen LogP contribution in [0, 0.1) is 12.7 Å². The molecule has 2 N–H and O–H groups in total. The lowest BCUT2D eigenvalue weighted by Crippen LogP contribution is -2.25. The monoisotopic (exact) mass is 306 g/mol. The van der Waals surface area contributed by atoms with Gasteiger partial charge in [-0.05, 0) is 37.1 Å². The van der Waals surface area contributed by atoms with Crippen molar-refractivity contribution in [2.24, 2.45) is 0 Å². The number of benzene rings is 1. The van der Waals surface area contributed by atoms with Crippen LogP contribution in [-0.4, -0.2) is 38.5 Å². The summed E-state index contributed by atoms with van der Waals surface area (Å²) in [7, 11) is 0. The summed E-state index contributed by atoms with van der Waals surface area (Å²) in [5, 5.41) is 18.7. The number of carbonyl (C=O) groups excluding carboxylic acids is 1. The Morgan fingerprint density at radius 1 is 1.41 bits per heavy atom. The average Bonchev–Trinajstić information content (AvgIpc) is 2.92. The highest BCUT2D eigenvalue weighted by atomic mass is 19.1. The molecule has 2 aromatic rings. The van der Waals surface area contributed by atoms with Crippen molar-refractivity contribution < 1.29 is 19.1 Å². The minimum Gasteiger partial charge on any atom is -0.481 e. The zero-order chi connectivity index (χ0) is 16.1. The van der Waals surface area contributed by atoms with Crippen molar-refractivity contribution in [2.45, 2.75) is 19.8 Å². The molecule has 8 heteroatoms. The van der Waals surface area contributed by atoms with Crippen LogP contribution in [0.25, 0.3) is 5.69 Å². The lowest BCUT2D eigenvalue weighted by molar-refractivity contribution is -0.137. The summed E-state index contributed by atoms with van der Waals surface area (Å²) >= 11 is 0. The first kappa shape index (κ1) is 15.6. The number of aryl methyl sites for hydroxylation is 1. The number of aliphatic carboxylic acids is 1. The minimum atomic E-state index is -0.910. The van der Waals surface area contributed by atoms with Crippen molar-refractivity contribution in [3.8, 4) is 5.69 Å². The Balaban J connectivity index is 2.01. The Hall–Kier alpha value is -2.77. The molecule has 1 amide bonds. The third kappa shape index (κ3) is 3.87. The first-order chi connectivity index (χ1) is 10.5. The summed E-state index contributed by atoms with van der Waals surface area (Å²) in [6.07, 6.45) is 1.76. The minimum absolute atomic E-state index is 0.0122. The summed E-state index contributed by atoms with van der Waals surface area (Å²) in [5.41, 5.74) is 1.40. The highest BCUT2D eigenvalue weighted by Gasteiger charge is 2.12. The number of hydrogen-bond acceptors (Lipinski definition) is 4. The molecule has 1 aromatic carbocycles. The zero-order valence-corrected chi connectivity index (χ0v) is 11.9. The van der Waals surface area contributed by atoms with Crippen LogP contribution >= 0.6 is 0 Å². The molecule has 22 heavy (non-hydrogen) atoms. The number of amides is 1. The second kappa shape index (κ2) is 6.79. The van der Waals surface area contributed by atoms with Crippen LogP contribution in [0.1, 0.15) is 28.9 Å². The average molecular weight is 306 g/mol. The topological polar surface area (TPSA) is 97.1 Å². The summed E-state index contributed by atoms with van der Waals surface area (Å²) in [4.78, 5) is 22.2. The van der Waals surface area contributed by atoms with Gasteiger partial charge in [0.05, 0.1) is 11.9 Å². The number of nitrogens with one attached hydrogen (secondary N) is 1. The molecule has 116 valence electrons. The Bertz CT molecular complexity index is 699. The number of carboxylic acids is 1. The van der Waals surface area contributed by atoms with E-state index in [2.05, 4.69) is 15.6 Å². The quantitative estimate of drug-likeness (QED) is 0.784. The molecule has 0 atom stereocenters. The van der Waals surface area contributed by atoms with Crippen LogP contribution in [0.2, 0.25) is 0 Å². The second-order valence-corrected chi connectivity index (χ2v) is 4.73. The van der Waals surface area contributed by atoms with Crippen LogP contribution in [0.5, 0.6) is 0 Å². The predicted octanol–water partition coefficient (Wildman–Crippen LogP) is 1.31. The number of rotatable bonds is 6. The van der Waals surface area contributed by atoms with E-state index in [0.717, 1.165) is 0 Å². The van der Waals surface area contributed by atoms with E-state index in [0.29, 0.717) is 17.7 Å². The van der Waals surface area contributed by atoms with E-state index in [1.54, 1.807) is 13.0 Å². The van der Waals surface area contributed by atoms with Gasteiger partial charge in [0.2, 0.25) is 0 Å². The third-order valence-corrected chi connectivity index (χ3v) is 2.98. The van der Waals surface area contributed by atoms with Crippen molar-refractivity contribution in [1.29, 1.82) is 0 Å². The summed E-state index contributed by atoms with van der Waals surface area (Å²) < 4.78 is 14.5. The molecule has 1 heterocycles. The number of nitrogens with zero attached hydrogens (tertiary/aromatic N) is 3. The highest BCUT2D eigenvalue weighted by Crippen LogP contribution is 2.14. The van der Waals surface area contributed by atoms with Gasteiger partial charge in [-0.15, -0.1) is 5.10 Å². The van der Waals surface area contributed by atoms with Crippen molar-refractivity contribution in [2.75, 3.05) is 6.54 Å². The SMILES string of the molecule is Cc1cc(F)ccc1-n1cc(C(=O)NCCCC(=O)O)nn1. The molecule has 0 bridgehead atoms. The third-order valence-electron chi connectivity index (χ3n) is 2.98. The molecule has 0 aliphatic carbocycles. The molecule has 0 spiro atoms. The lowest BCUT2D eigenvalue weighted by atomic mass is 10.2. The van der Waals surface area contributed by atoms with E-state index in [-0.39, 0.29) is 24.5 Å². The summed E-state index contributed by atoms with van der Waals surface area (Å²) in [5.74, 6) is -1.69. The molecular weight excluding hydrogens is 291 g/mol. The smallest absolute Gasteiger partial charge is 0.303 e. The van der Waals surface area contributed by atoms with Gasteiger partial charge in [-0.25, -0.2) is 9.07 Å². The van der Waals surface area contributed by atoms with Gasteiger partial charge in [0, 0.05) is 13.0 Å². The fourth-order valence-electron chi connectivity index (χ4n) is 1.89. The Kier molecular flexibility index (Phi) is 4.82. The molecule has 0 saturated carbocycles. The van der Waals surface area contributed by atoms with E-state index in [4.69, 9.17) is 5.11 Å². The number of carbonyl (C=O) groups is 2. The molecule has 0 aliphatic rings. The molecule has 0 saturated heterocycles. The van der Waals surface area contributed by atoms with Crippen molar-refractivity contribution in [1.82, 2.24) is 20.3 Å². The fraction of sp³-hybridized carbons (Fsp3) is 0.286. The number of halogens is 1. The summed E-state index contributed by atoms with van der Waals surface area (Å²) in [6.45, 7) is 1.97. The van der Waals surface area contributed by atoms with E-state index in [1.807, 2.05) is 0 Å². The second-order valence-electron chi connectivity index (χ2n) is 4.73. The van der Waals surface area contributed by atoms with Crippen LogP contribution < -0.4 is 5.32 Å². The standard InChI is InChI=1S/C14H15FN4O3/c1-9-7-10(15)4-5-12(9)19-8-11(17-18-19)14(22)16-6-2-3-13(20)21/h4-5,7-8H,2-3,6H2,1H3,(H,16,22)(H,20,21). The van der Waals surface area contributed by atoms with Gasteiger partial charge < -0.3 is 10.4 Å². The van der Waals surface area contributed by atoms with Gasteiger partial charge in [0.15, 0.2) is 5.69 Å². The first-order valence-electron chi connectivity index (χ1n) is 6.66. The van der Waals surface area contributed by atoms with Gasteiger partial charge in [-0.2, -0.15) is 0 Å². The fourth-order valence-corrected chi connectivity index (χ4v) is 1.89. The van der Waals surface area contributed by atoms with Gasteiger partial charge in [0.1, 0.15) is 5.82 Å². The van der Waals surface area contributed by atoms with Crippen LogP contribution in [-0.2, 0) is 4.79 Å². The lowest BCUT2D eigenvalue weighted by Gasteiger charge is -2.04. The van der Waals surface area contributed by atoms with Gasteiger partial charge in [-0.1, -0.05) is 5.21 Å². The maximum atomic E-state index is 13.1. The van der Waals surface area contributed by atoms with E-state index in [9.17, 15) is 14.0 Å². The predicted molar refractivity (Wildman–Crippen MR) is 75.3 cm³/mol. The maximum Gasteiger partial charge on any atom is 0.303 e. The zero-order valence-electron chi connectivity index (χ0n) is 11.9. The van der Waals surface area contributed by atoms with Crippen molar-refractivity contribution in [3.05, 3.63) is 41.5 Å². The van der Waals surface area contributed by atoms with E-state index >= 15 is 0 Å². The van der Waals surface area contributed by atoms with Crippen LogP contribution in [0.15, 0.2) is 24.4 Å². The Morgan fingerprint density at radius 3 is 2.86 bits per heavy atom. The Labute approximate surface area is 125 Å². The number of aromatic nitrogens is 3. The van der Waals surface area contributed by atoms with Crippen LogP contribution in [0.4, 0.5) is 4.39 Å². The molecule has 0 aliphatic heterocycles. The first-order valence-corrected chi connectivity index (χ1v) is 6.66. The summed E-state index contributed by atoms with van der Waals surface area (Å²) in [6, 6.07) is 4.21. The molecular formula is C14H15FN4O3. The molecule has 2 rings (SSSR count). The van der Waals surface area contributed by atoms with Gasteiger partial charge in [-0.3, -0.25) is 9.59 Å². The molecule has 0 unspecified atom stereocenters. The number of carboxylic acid groups (broad SMARTS) is 1. The van der Waals surface area contributed by atoms with Gasteiger partial charge in [0.25, 0.3) is 5.91 Å². The van der Waals surface area contributed by atoms with Crippen molar-refractivity contribution in [3.63, 3.8) is 0 Å². The molecule has 0 fully saturated rings. The van der Waals surface area contributed by atoms with E-state index < -0.39 is 11.9 Å². The molecule has 7 nitrogen and oxygen atoms in total. The van der Waals surface area contributed by atoms with Crippen LogP contribution in [0.3, 0.4) is 0 Å². The normalized spacial score (nSPS) is 10.5. The van der Waals surface area contributed by atoms with Crippen molar-refractivity contribution >= 4 is 11.9 Å².